The number of ether oxygens (including phenoxy) is 1. The summed E-state index contributed by atoms with van der Waals surface area (Å²) >= 11 is 0. The van der Waals surface area contributed by atoms with E-state index in [2.05, 4.69) is 55.3 Å². The number of para-hydroxylation sites is 1. The maximum absolute atomic E-state index is 5.62. The van der Waals surface area contributed by atoms with Crippen molar-refractivity contribution >= 4 is 5.69 Å². The van der Waals surface area contributed by atoms with Crippen molar-refractivity contribution in [2.75, 3.05) is 31.2 Å². The Morgan fingerprint density at radius 3 is 2.89 bits per heavy atom. The molecule has 0 aromatic heterocycles. The zero-order chi connectivity index (χ0) is 13.7. The summed E-state index contributed by atoms with van der Waals surface area (Å²) in [5.74, 6) is 0. The molecule has 0 radical (unpaired) electrons. The average Bonchev–Trinajstić information content (AvgIpc) is 2.47. The molecule has 1 aromatic carbocycles. The first-order valence-corrected chi connectivity index (χ1v) is 7.44. The quantitative estimate of drug-likeness (QED) is 0.883. The topological polar surface area (TPSA) is 24.5 Å². The molecule has 2 atom stereocenters. The molecule has 106 valence electrons. The summed E-state index contributed by atoms with van der Waals surface area (Å²) in [5, 5.41) is 3.52. The maximum Gasteiger partial charge on any atom is 0.0670 e. The molecule has 3 heteroatoms. The first-order valence-electron chi connectivity index (χ1n) is 7.44. The first kappa shape index (κ1) is 14.4. The van der Waals surface area contributed by atoms with E-state index >= 15 is 0 Å². The van der Waals surface area contributed by atoms with Crippen molar-refractivity contribution in [3.8, 4) is 0 Å². The van der Waals surface area contributed by atoms with Crippen LogP contribution in [0.3, 0.4) is 0 Å². The summed E-state index contributed by atoms with van der Waals surface area (Å²) in [6.45, 7) is 10.3. The zero-order valence-electron chi connectivity index (χ0n) is 12.4. The highest BCUT2D eigenvalue weighted by molar-refractivity contribution is 5.56. The first-order chi connectivity index (χ1) is 9.27. The number of rotatable bonds is 5. The van der Waals surface area contributed by atoms with Gasteiger partial charge < -0.3 is 15.0 Å². The Morgan fingerprint density at radius 1 is 1.37 bits per heavy atom. The van der Waals surface area contributed by atoms with E-state index in [-0.39, 0.29) is 0 Å². The summed E-state index contributed by atoms with van der Waals surface area (Å²) < 4.78 is 5.62. The summed E-state index contributed by atoms with van der Waals surface area (Å²) in [6.07, 6.45) is 1.13. The van der Waals surface area contributed by atoms with Crippen molar-refractivity contribution in [3.63, 3.8) is 0 Å². The molecule has 2 rings (SSSR count). The van der Waals surface area contributed by atoms with E-state index in [9.17, 15) is 0 Å². The van der Waals surface area contributed by atoms with Gasteiger partial charge in [-0.3, -0.25) is 0 Å². The molecule has 0 amide bonds. The van der Waals surface area contributed by atoms with Crippen molar-refractivity contribution in [1.29, 1.82) is 0 Å². The van der Waals surface area contributed by atoms with Gasteiger partial charge in [0.2, 0.25) is 0 Å². The summed E-state index contributed by atoms with van der Waals surface area (Å²) in [7, 11) is 0. The largest absolute Gasteiger partial charge is 0.377 e. The predicted molar refractivity (Wildman–Crippen MR) is 80.8 cm³/mol. The van der Waals surface area contributed by atoms with Gasteiger partial charge in [0.25, 0.3) is 0 Å². The number of morpholine rings is 1. The number of nitrogens with one attached hydrogen (secondary N) is 1. The Labute approximate surface area is 116 Å². The molecule has 1 heterocycles. The number of hydrogen-bond acceptors (Lipinski definition) is 3. The Kier molecular flexibility index (Phi) is 5.23. The van der Waals surface area contributed by atoms with Crippen LogP contribution in [0.25, 0.3) is 0 Å². The Balaban J connectivity index is 2.27. The molecule has 1 fully saturated rings. The predicted octanol–water partition coefficient (Wildman–Crippen LogP) is 2.97. The molecule has 1 aliphatic rings. The number of hydrogen-bond donors (Lipinski definition) is 1. The van der Waals surface area contributed by atoms with Gasteiger partial charge in [-0.05, 0) is 31.5 Å². The number of benzene rings is 1. The second-order valence-corrected chi connectivity index (χ2v) is 5.17. The second-order valence-electron chi connectivity index (χ2n) is 5.17. The van der Waals surface area contributed by atoms with Crippen molar-refractivity contribution in [2.45, 2.75) is 39.3 Å². The van der Waals surface area contributed by atoms with Crippen LogP contribution in [0.2, 0.25) is 0 Å². The van der Waals surface area contributed by atoms with Crippen LogP contribution in [-0.4, -0.2) is 32.3 Å². The van der Waals surface area contributed by atoms with E-state index in [0.717, 1.165) is 32.7 Å². The van der Waals surface area contributed by atoms with Crippen LogP contribution in [0.1, 0.15) is 38.8 Å². The highest BCUT2D eigenvalue weighted by Crippen LogP contribution is 2.29. The molecule has 0 aliphatic carbocycles. The second kappa shape index (κ2) is 6.92. The third kappa shape index (κ3) is 3.28. The fourth-order valence-electron chi connectivity index (χ4n) is 2.84. The summed E-state index contributed by atoms with van der Waals surface area (Å²) in [5.41, 5.74) is 2.76. The summed E-state index contributed by atoms with van der Waals surface area (Å²) in [6, 6.07) is 9.65. The van der Waals surface area contributed by atoms with Gasteiger partial charge >= 0.3 is 0 Å². The van der Waals surface area contributed by atoms with Gasteiger partial charge in [-0.25, -0.2) is 0 Å². The van der Waals surface area contributed by atoms with E-state index in [1.807, 2.05) is 0 Å². The van der Waals surface area contributed by atoms with Crippen molar-refractivity contribution in [2.24, 2.45) is 0 Å². The lowest BCUT2D eigenvalue weighted by molar-refractivity contribution is 0.0928. The molecule has 1 aromatic rings. The van der Waals surface area contributed by atoms with Gasteiger partial charge in [0.1, 0.15) is 0 Å². The van der Waals surface area contributed by atoms with E-state index < -0.39 is 0 Å². The van der Waals surface area contributed by atoms with E-state index in [1.165, 1.54) is 11.3 Å². The molecule has 1 N–H and O–H groups in total. The van der Waals surface area contributed by atoms with Gasteiger partial charge in [-0.2, -0.15) is 0 Å². The lowest BCUT2D eigenvalue weighted by Gasteiger charge is -2.38. The smallest absolute Gasteiger partial charge is 0.0670 e. The number of anilines is 1. The zero-order valence-corrected chi connectivity index (χ0v) is 12.4. The van der Waals surface area contributed by atoms with Crippen LogP contribution in [0.4, 0.5) is 5.69 Å². The standard InChI is InChI=1S/C16H26N2O/c1-4-14-12-19-11-10-18(14)16-9-7-6-8-15(16)13(3)17-5-2/h6-9,13-14,17H,4-5,10-12H2,1-3H3. The fourth-order valence-corrected chi connectivity index (χ4v) is 2.84. The molecule has 0 saturated carbocycles. The molecule has 0 spiro atoms. The third-order valence-electron chi connectivity index (χ3n) is 3.92. The van der Waals surface area contributed by atoms with E-state index in [1.54, 1.807) is 0 Å². The minimum Gasteiger partial charge on any atom is -0.377 e. The van der Waals surface area contributed by atoms with Crippen molar-refractivity contribution < 1.29 is 4.74 Å². The molecule has 2 unspecified atom stereocenters. The minimum atomic E-state index is 0.390. The molecule has 19 heavy (non-hydrogen) atoms. The third-order valence-corrected chi connectivity index (χ3v) is 3.92. The lowest BCUT2D eigenvalue weighted by Crippen LogP contribution is -2.45. The van der Waals surface area contributed by atoms with Crippen LogP contribution in [0.15, 0.2) is 24.3 Å². The Morgan fingerprint density at radius 2 is 2.16 bits per heavy atom. The molecule has 3 nitrogen and oxygen atoms in total. The molecular weight excluding hydrogens is 236 g/mol. The van der Waals surface area contributed by atoms with Gasteiger partial charge in [0.05, 0.1) is 19.3 Å². The van der Waals surface area contributed by atoms with Gasteiger partial charge in [-0.1, -0.05) is 32.0 Å². The molecule has 1 saturated heterocycles. The van der Waals surface area contributed by atoms with Crippen molar-refractivity contribution in [3.05, 3.63) is 29.8 Å². The minimum absolute atomic E-state index is 0.390. The lowest BCUT2D eigenvalue weighted by atomic mass is 10.0. The highest BCUT2D eigenvalue weighted by atomic mass is 16.5. The average molecular weight is 262 g/mol. The van der Waals surface area contributed by atoms with Gasteiger partial charge in [-0.15, -0.1) is 0 Å². The fraction of sp³-hybridized carbons (Fsp3) is 0.625. The van der Waals surface area contributed by atoms with Gasteiger partial charge in [0, 0.05) is 18.3 Å². The van der Waals surface area contributed by atoms with Crippen LogP contribution >= 0.6 is 0 Å². The highest BCUT2D eigenvalue weighted by Gasteiger charge is 2.24. The number of nitrogens with zero attached hydrogens (tertiary/aromatic N) is 1. The maximum atomic E-state index is 5.62. The van der Waals surface area contributed by atoms with E-state index in [0.29, 0.717) is 12.1 Å². The van der Waals surface area contributed by atoms with Crippen molar-refractivity contribution in [1.82, 2.24) is 5.32 Å². The van der Waals surface area contributed by atoms with Crippen LogP contribution in [0.5, 0.6) is 0 Å². The molecule has 0 bridgehead atoms. The van der Waals surface area contributed by atoms with Crippen LogP contribution in [0, 0.1) is 0 Å². The van der Waals surface area contributed by atoms with Crippen LogP contribution < -0.4 is 10.2 Å². The van der Waals surface area contributed by atoms with E-state index in [4.69, 9.17) is 4.74 Å². The Hall–Kier alpha value is -1.06. The summed E-state index contributed by atoms with van der Waals surface area (Å²) in [4.78, 5) is 2.52. The Bertz CT molecular complexity index is 394. The molecule has 1 aliphatic heterocycles. The van der Waals surface area contributed by atoms with Gasteiger partial charge in [0.15, 0.2) is 0 Å². The monoisotopic (exact) mass is 262 g/mol. The SMILES string of the molecule is CCNC(C)c1ccccc1N1CCOCC1CC. The molecular formula is C16H26N2O. The normalized spacial score (nSPS) is 21.4. The van der Waals surface area contributed by atoms with Crippen LogP contribution in [-0.2, 0) is 4.74 Å².